The van der Waals surface area contributed by atoms with Gasteiger partial charge in [0.2, 0.25) is 0 Å². The number of carbonyl (C=O) groups excluding carboxylic acids is 2. The van der Waals surface area contributed by atoms with Crippen molar-refractivity contribution >= 4 is 18.0 Å². The minimum absolute atomic E-state index is 0.126. The molecule has 1 aliphatic heterocycles. The van der Waals surface area contributed by atoms with E-state index in [-0.39, 0.29) is 24.0 Å². The van der Waals surface area contributed by atoms with E-state index in [1.165, 1.54) is 12.0 Å². The zero-order valence-electron chi connectivity index (χ0n) is 12.2. The van der Waals surface area contributed by atoms with E-state index in [1.54, 1.807) is 0 Å². The van der Waals surface area contributed by atoms with Gasteiger partial charge in [0.15, 0.2) is 0 Å². The van der Waals surface area contributed by atoms with Gasteiger partial charge in [-0.3, -0.25) is 4.79 Å². The van der Waals surface area contributed by atoms with Crippen LogP contribution in [0.5, 0.6) is 0 Å². The lowest BCUT2D eigenvalue weighted by Gasteiger charge is -2.34. The van der Waals surface area contributed by atoms with Gasteiger partial charge >= 0.3 is 18.0 Å². The van der Waals surface area contributed by atoms with Crippen LogP contribution in [0.2, 0.25) is 0 Å². The van der Waals surface area contributed by atoms with Crippen LogP contribution < -0.4 is 5.32 Å². The van der Waals surface area contributed by atoms with Crippen molar-refractivity contribution in [2.24, 2.45) is 5.92 Å². The molecule has 0 radical (unpaired) electrons. The Morgan fingerprint density at radius 1 is 1.19 bits per heavy atom. The summed E-state index contributed by atoms with van der Waals surface area (Å²) in [7, 11) is 1.32. The number of ether oxygens (including phenoxy) is 1. The summed E-state index contributed by atoms with van der Waals surface area (Å²) in [4.78, 5) is 36.5. The van der Waals surface area contributed by atoms with Crippen LogP contribution in [0.1, 0.15) is 38.5 Å². The highest BCUT2D eigenvalue weighted by atomic mass is 16.5. The minimum Gasteiger partial charge on any atom is -0.481 e. The second-order valence-electron chi connectivity index (χ2n) is 5.72. The zero-order chi connectivity index (χ0) is 15.4. The number of methoxy groups -OCH3 is 1. The molecule has 21 heavy (non-hydrogen) atoms. The fraction of sp³-hybridized carbons (Fsp3) is 0.786. The van der Waals surface area contributed by atoms with Gasteiger partial charge in [0.1, 0.15) is 6.04 Å². The number of carboxylic acid groups (broad SMARTS) is 1. The maximum Gasteiger partial charge on any atom is 0.328 e. The Kier molecular flexibility index (Phi) is 5.03. The highest BCUT2D eigenvalue weighted by Crippen LogP contribution is 2.26. The second kappa shape index (κ2) is 6.78. The molecule has 2 amide bonds. The van der Waals surface area contributed by atoms with Gasteiger partial charge < -0.3 is 20.1 Å². The van der Waals surface area contributed by atoms with Crippen molar-refractivity contribution in [2.75, 3.05) is 13.7 Å². The van der Waals surface area contributed by atoms with Crippen LogP contribution in [-0.4, -0.2) is 53.7 Å². The molecule has 2 N–H and O–H groups in total. The minimum atomic E-state index is -0.808. The van der Waals surface area contributed by atoms with Crippen molar-refractivity contribution in [3.63, 3.8) is 0 Å². The first-order chi connectivity index (χ1) is 10.0. The highest BCUT2D eigenvalue weighted by Gasteiger charge is 2.36. The molecule has 0 aromatic heterocycles. The summed E-state index contributed by atoms with van der Waals surface area (Å²) in [5.41, 5.74) is 0. The lowest BCUT2D eigenvalue weighted by molar-refractivity contribution is -0.147. The van der Waals surface area contributed by atoms with Gasteiger partial charge in [-0.15, -0.1) is 0 Å². The maximum absolute atomic E-state index is 12.3. The monoisotopic (exact) mass is 298 g/mol. The SMILES string of the molecule is COC(=O)C1CCCCN1C(=O)NC1CCC(C(=O)O)C1. The molecule has 2 rings (SSSR count). The van der Waals surface area contributed by atoms with Crippen LogP contribution >= 0.6 is 0 Å². The third-order valence-corrected chi connectivity index (χ3v) is 4.35. The van der Waals surface area contributed by atoms with Crippen molar-refractivity contribution in [1.82, 2.24) is 10.2 Å². The number of likely N-dealkylation sites (tertiary alicyclic amines) is 1. The Morgan fingerprint density at radius 2 is 1.95 bits per heavy atom. The van der Waals surface area contributed by atoms with E-state index in [1.807, 2.05) is 0 Å². The number of hydrogen-bond acceptors (Lipinski definition) is 4. The Labute approximate surface area is 123 Å². The quantitative estimate of drug-likeness (QED) is 0.757. The van der Waals surface area contributed by atoms with Crippen LogP contribution in [0.25, 0.3) is 0 Å². The van der Waals surface area contributed by atoms with Gasteiger partial charge in [0.05, 0.1) is 13.0 Å². The number of aliphatic carboxylic acids is 1. The van der Waals surface area contributed by atoms with E-state index in [0.29, 0.717) is 32.2 Å². The number of carbonyl (C=O) groups is 3. The van der Waals surface area contributed by atoms with Gasteiger partial charge in [-0.2, -0.15) is 0 Å². The lowest BCUT2D eigenvalue weighted by Crippen LogP contribution is -2.53. The van der Waals surface area contributed by atoms with Gasteiger partial charge in [0.25, 0.3) is 0 Å². The molecule has 1 heterocycles. The van der Waals surface area contributed by atoms with E-state index in [4.69, 9.17) is 9.84 Å². The van der Waals surface area contributed by atoms with Crippen LogP contribution in [-0.2, 0) is 14.3 Å². The second-order valence-corrected chi connectivity index (χ2v) is 5.72. The average Bonchev–Trinajstić information content (AvgIpc) is 2.95. The summed E-state index contributed by atoms with van der Waals surface area (Å²) in [6.45, 7) is 0.528. The summed E-state index contributed by atoms with van der Waals surface area (Å²) in [5.74, 6) is -1.58. The molecule has 3 unspecified atom stereocenters. The van der Waals surface area contributed by atoms with Crippen molar-refractivity contribution in [2.45, 2.75) is 50.6 Å². The van der Waals surface area contributed by atoms with Crippen LogP contribution in [0.4, 0.5) is 4.79 Å². The summed E-state index contributed by atoms with van der Waals surface area (Å²) < 4.78 is 4.75. The third kappa shape index (κ3) is 3.65. The molecular weight excluding hydrogens is 276 g/mol. The van der Waals surface area contributed by atoms with Crippen molar-refractivity contribution in [1.29, 1.82) is 0 Å². The average molecular weight is 298 g/mol. The molecule has 0 spiro atoms. The maximum atomic E-state index is 12.3. The Balaban J connectivity index is 1.92. The van der Waals surface area contributed by atoms with Crippen LogP contribution in [0.15, 0.2) is 0 Å². The van der Waals surface area contributed by atoms with Crippen LogP contribution in [0.3, 0.4) is 0 Å². The number of piperidine rings is 1. The molecule has 7 heteroatoms. The summed E-state index contributed by atoms with van der Waals surface area (Å²) in [6, 6.07) is -0.944. The Morgan fingerprint density at radius 3 is 2.57 bits per heavy atom. The van der Waals surface area contributed by atoms with Gasteiger partial charge in [-0.25, -0.2) is 9.59 Å². The largest absolute Gasteiger partial charge is 0.481 e. The van der Waals surface area contributed by atoms with E-state index >= 15 is 0 Å². The van der Waals surface area contributed by atoms with E-state index in [9.17, 15) is 14.4 Å². The first-order valence-corrected chi connectivity index (χ1v) is 7.40. The molecule has 1 aliphatic carbocycles. The van der Waals surface area contributed by atoms with Crippen molar-refractivity contribution in [3.8, 4) is 0 Å². The number of nitrogens with zero attached hydrogens (tertiary/aromatic N) is 1. The molecule has 0 aromatic carbocycles. The Hall–Kier alpha value is -1.79. The molecule has 3 atom stereocenters. The number of esters is 1. The standard InChI is InChI=1S/C14H22N2O5/c1-21-13(19)11-4-2-3-7-16(11)14(20)15-10-6-5-9(8-10)12(17)18/h9-11H,2-8H2,1H3,(H,15,20)(H,17,18). The third-order valence-electron chi connectivity index (χ3n) is 4.35. The number of hydrogen-bond donors (Lipinski definition) is 2. The summed E-state index contributed by atoms with van der Waals surface area (Å²) in [6.07, 6.45) is 4.08. The highest BCUT2D eigenvalue weighted by molar-refractivity contribution is 5.84. The first-order valence-electron chi connectivity index (χ1n) is 7.40. The van der Waals surface area contributed by atoms with E-state index in [0.717, 1.165) is 12.8 Å². The molecule has 1 saturated carbocycles. The number of rotatable bonds is 3. The topological polar surface area (TPSA) is 95.9 Å². The van der Waals surface area contributed by atoms with Gasteiger partial charge in [-0.1, -0.05) is 0 Å². The fourth-order valence-electron chi connectivity index (χ4n) is 3.15. The molecule has 7 nitrogen and oxygen atoms in total. The normalized spacial score (nSPS) is 29.0. The van der Waals surface area contributed by atoms with E-state index < -0.39 is 12.0 Å². The van der Waals surface area contributed by atoms with Crippen LogP contribution in [0, 0.1) is 5.92 Å². The molecule has 0 bridgehead atoms. The number of amides is 2. The molecule has 0 aromatic rings. The molecule has 1 saturated heterocycles. The summed E-state index contributed by atoms with van der Waals surface area (Å²) >= 11 is 0. The molecule has 2 aliphatic rings. The number of urea groups is 1. The predicted molar refractivity (Wildman–Crippen MR) is 73.7 cm³/mol. The van der Waals surface area contributed by atoms with Gasteiger partial charge in [-0.05, 0) is 38.5 Å². The molecule has 118 valence electrons. The predicted octanol–water partition coefficient (Wildman–Crippen LogP) is 0.977. The van der Waals surface area contributed by atoms with Gasteiger partial charge in [0, 0.05) is 12.6 Å². The van der Waals surface area contributed by atoms with Crippen molar-refractivity contribution < 1.29 is 24.2 Å². The smallest absolute Gasteiger partial charge is 0.328 e. The summed E-state index contributed by atoms with van der Waals surface area (Å²) in [5, 5.41) is 11.8. The lowest BCUT2D eigenvalue weighted by atomic mass is 10.0. The first kappa shape index (κ1) is 15.6. The number of nitrogens with one attached hydrogen (secondary N) is 1. The van der Waals surface area contributed by atoms with E-state index in [2.05, 4.69) is 5.32 Å². The molecular formula is C14H22N2O5. The number of carboxylic acids is 1. The van der Waals surface area contributed by atoms with Crippen molar-refractivity contribution in [3.05, 3.63) is 0 Å². The Bertz CT molecular complexity index is 426. The fourth-order valence-corrected chi connectivity index (χ4v) is 3.15. The zero-order valence-corrected chi connectivity index (χ0v) is 12.2. The molecule has 2 fully saturated rings.